The molecule has 0 N–H and O–H groups in total. The zero-order chi connectivity index (χ0) is 7.78. The molecule has 0 atom stereocenters. The maximum Gasteiger partial charge on any atom is 0.0267 e. The van der Waals surface area contributed by atoms with Gasteiger partial charge in [0.2, 0.25) is 0 Å². The van der Waals surface area contributed by atoms with E-state index in [1.54, 1.807) is 12.4 Å². The minimum absolute atomic E-state index is 1.42. The van der Waals surface area contributed by atoms with Crippen molar-refractivity contribution in [2.24, 2.45) is 0 Å². The van der Waals surface area contributed by atoms with Crippen LogP contribution in [0.3, 0.4) is 0 Å². The van der Waals surface area contributed by atoms with E-state index in [0.717, 1.165) is 0 Å². The number of hydrogen-bond donors (Lipinski definition) is 0. The Balaban J connectivity index is 0.000000112. The van der Waals surface area contributed by atoms with Crippen molar-refractivity contribution < 1.29 is 0 Å². The highest BCUT2D eigenvalue weighted by atomic mass is 32.2. The molecule has 1 nitrogen and oxygen atoms in total. The second-order valence-corrected chi connectivity index (χ2v) is 3.57. The van der Waals surface area contributed by atoms with Crippen LogP contribution < -0.4 is 0 Å². The van der Waals surface area contributed by atoms with Gasteiger partial charge in [0.15, 0.2) is 0 Å². The van der Waals surface area contributed by atoms with E-state index in [1.807, 2.05) is 18.2 Å². The molecule has 0 aliphatic carbocycles. The molecule has 0 bridgehead atoms. The maximum atomic E-state index is 3.78. The molecule has 2 heteroatoms. The molecule has 2 heterocycles. The third-order valence-electron chi connectivity index (χ3n) is 1.39. The van der Waals surface area contributed by atoms with Gasteiger partial charge in [0, 0.05) is 12.4 Å². The van der Waals surface area contributed by atoms with Gasteiger partial charge in [-0.15, -0.1) is 0 Å². The van der Waals surface area contributed by atoms with Crippen molar-refractivity contribution >= 4 is 11.8 Å². The van der Waals surface area contributed by atoms with E-state index in [0.29, 0.717) is 0 Å². The minimum Gasteiger partial charge on any atom is -0.265 e. The molecule has 0 amide bonds. The molecule has 0 unspecified atom stereocenters. The third-order valence-corrected chi connectivity index (χ3v) is 2.55. The summed E-state index contributed by atoms with van der Waals surface area (Å²) in [6.07, 6.45) is 6.43. The van der Waals surface area contributed by atoms with Crippen molar-refractivity contribution in [1.29, 1.82) is 0 Å². The molecule has 0 radical (unpaired) electrons. The number of rotatable bonds is 0. The first-order valence-electron chi connectivity index (χ1n) is 3.93. The van der Waals surface area contributed by atoms with E-state index in [2.05, 4.69) is 16.7 Å². The molecule has 0 aromatic carbocycles. The summed E-state index contributed by atoms with van der Waals surface area (Å²) in [7, 11) is 0. The highest BCUT2D eigenvalue weighted by molar-refractivity contribution is 7.99. The lowest BCUT2D eigenvalue weighted by molar-refractivity contribution is 0.949. The van der Waals surface area contributed by atoms with E-state index in [1.165, 1.54) is 24.3 Å². The van der Waals surface area contributed by atoms with Crippen LogP contribution in [0.2, 0.25) is 0 Å². The van der Waals surface area contributed by atoms with E-state index >= 15 is 0 Å². The zero-order valence-electron chi connectivity index (χ0n) is 6.57. The van der Waals surface area contributed by atoms with Gasteiger partial charge in [-0.3, -0.25) is 4.98 Å². The van der Waals surface area contributed by atoms with Crippen molar-refractivity contribution in [2.75, 3.05) is 11.5 Å². The highest BCUT2D eigenvalue weighted by Crippen LogP contribution is 2.14. The van der Waals surface area contributed by atoms with E-state index < -0.39 is 0 Å². The van der Waals surface area contributed by atoms with Crippen LogP contribution in [0.4, 0.5) is 0 Å². The predicted octanol–water partition coefficient (Wildman–Crippen LogP) is 2.60. The second-order valence-electron chi connectivity index (χ2n) is 2.34. The molecule has 1 aromatic heterocycles. The standard InChI is InChI=1S/C5H5N.C4H8S/c1-2-4-6-5-3-1;1-2-4-5-3-1/h1-5H;1-4H2. The molecule has 1 aliphatic rings. The fraction of sp³-hybridized carbons (Fsp3) is 0.444. The van der Waals surface area contributed by atoms with Gasteiger partial charge < -0.3 is 0 Å². The Morgan fingerprint density at radius 3 is 1.73 bits per heavy atom. The van der Waals surface area contributed by atoms with Crippen LogP contribution in [-0.2, 0) is 0 Å². The monoisotopic (exact) mass is 167 g/mol. The van der Waals surface area contributed by atoms with Crippen LogP contribution in [0.1, 0.15) is 12.8 Å². The summed E-state index contributed by atoms with van der Waals surface area (Å²) < 4.78 is 0. The third kappa shape index (κ3) is 4.85. The van der Waals surface area contributed by atoms with E-state index in [9.17, 15) is 0 Å². The molecule has 1 aromatic rings. The molecule has 60 valence electrons. The number of pyridine rings is 1. The largest absolute Gasteiger partial charge is 0.265 e. The molecule has 1 saturated heterocycles. The SMILES string of the molecule is C1CCSC1.c1ccncc1. The fourth-order valence-electron chi connectivity index (χ4n) is 0.823. The average molecular weight is 167 g/mol. The smallest absolute Gasteiger partial charge is 0.0267 e. The Morgan fingerprint density at radius 2 is 1.55 bits per heavy atom. The van der Waals surface area contributed by atoms with Gasteiger partial charge in [0.25, 0.3) is 0 Å². The van der Waals surface area contributed by atoms with Crippen molar-refractivity contribution in [3.8, 4) is 0 Å². The van der Waals surface area contributed by atoms with Gasteiger partial charge in [-0.1, -0.05) is 6.07 Å². The summed E-state index contributed by atoms with van der Waals surface area (Å²) in [4.78, 5) is 3.78. The number of hydrogen-bond acceptors (Lipinski definition) is 2. The van der Waals surface area contributed by atoms with Crippen LogP contribution in [0.5, 0.6) is 0 Å². The topological polar surface area (TPSA) is 12.9 Å². The zero-order valence-corrected chi connectivity index (χ0v) is 7.39. The lowest BCUT2D eigenvalue weighted by atomic mass is 10.4. The highest BCUT2D eigenvalue weighted by Gasteiger charge is 1.95. The van der Waals surface area contributed by atoms with Gasteiger partial charge in [-0.2, -0.15) is 11.8 Å². The summed E-state index contributed by atoms with van der Waals surface area (Å²) in [6, 6.07) is 5.72. The lowest BCUT2D eigenvalue weighted by Gasteiger charge is -1.70. The normalized spacial score (nSPS) is 15.3. The summed E-state index contributed by atoms with van der Waals surface area (Å²) >= 11 is 2.07. The van der Waals surface area contributed by atoms with Crippen molar-refractivity contribution in [3.63, 3.8) is 0 Å². The molecule has 11 heavy (non-hydrogen) atoms. The molecule has 1 aliphatic heterocycles. The van der Waals surface area contributed by atoms with Crippen LogP contribution in [0.15, 0.2) is 30.6 Å². The summed E-state index contributed by atoms with van der Waals surface area (Å²) in [6.45, 7) is 0. The molecule has 1 fully saturated rings. The lowest BCUT2D eigenvalue weighted by Crippen LogP contribution is -1.58. The number of nitrogens with zero attached hydrogens (tertiary/aromatic N) is 1. The Morgan fingerprint density at radius 1 is 0.909 bits per heavy atom. The summed E-state index contributed by atoms with van der Waals surface area (Å²) in [5.41, 5.74) is 0. The first kappa shape index (κ1) is 8.60. The molecule has 0 saturated carbocycles. The van der Waals surface area contributed by atoms with Crippen LogP contribution in [0, 0.1) is 0 Å². The van der Waals surface area contributed by atoms with Crippen molar-refractivity contribution in [3.05, 3.63) is 30.6 Å². The number of thioether (sulfide) groups is 1. The van der Waals surface area contributed by atoms with Gasteiger partial charge in [-0.25, -0.2) is 0 Å². The Hall–Kier alpha value is -0.500. The van der Waals surface area contributed by atoms with Gasteiger partial charge in [-0.05, 0) is 36.5 Å². The molecule has 0 spiro atoms. The van der Waals surface area contributed by atoms with Gasteiger partial charge >= 0.3 is 0 Å². The first-order valence-corrected chi connectivity index (χ1v) is 5.08. The van der Waals surface area contributed by atoms with Gasteiger partial charge in [0.1, 0.15) is 0 Å². The number of aromatic nitrogens is 1. The summed E-state index contributed by atoms with van der Waals surface area (Å²) in [5, 5.41) is 0. The minimum atomic E-state index is 1.42. The maximum absolute atomic E-state index is 3.78. The Kier molecular flexibility index (Phi) is 4.86. The molecular formula is C9H13NS. The van der Waals surface area contributed by atoms with Crippen LogP contribution in [0.25, 0.3) is 0 Å². The summed E-state index contributed by atoms with van der Waals surface area (Å²) in [5.74, 6) is 2.83. The quantitative estimate of drug-likeness (QED) is 0.589. The Labute approximate surface area is 72.2 Å². The van der Waals surface area contributed by atoms with Crippen molar-refractivity contribution in [1.82, 2.24) is 4.98 Å². The van der Waals surface area contributed by atoms with Gasteiger partial charge in [0.05, 0.1) is 0 Å². The fourth-order valence-corrected chi connectivity index (χ4v) is 1.84. The first-order chi connectivity index (χ1) is 5.50. The van der Waals surface area contributed by atoms with Crippen LogP contribution in [-0.4, -0.2) is 16.5 Å². The van der Waals surface area contributed by atoms with E-state index in [-0.39, 0.29) is 0 Å². The van der Waals surface area contributed by atoms with E-state index in [4.69, 9.17) is 0 Å². The van der Waals surface area contributed by atoms with Crippen LogP contribution >= 0.6 is 11.8 Å². The Bertz CT molecular complexity index is 126. The van der Waals surface area contributed by atoms with Crippen molar-refractivity contribution in [2.45, 2.75) is 12.8 Å². The predicted molar refractivity (Wildman–Crippen MR) is 50.8 cm³/mol. The second kappa shape index (κ2) is 6.23. The molecular weight excluding hydrogens is 154 g/mol. The average Bonchev–Trinajstić information content (AvgIpc) is 2.64. The molecule has 2 rings (SSSR count).